The van der Waals surface area contributed by atoms with Crippen molar-refractivity contribution in [2.24, 2.45) is 0 Å². The molecule has 2 heterocycles. The highest BCUT2D eigenvalue weighted by atomic mass is 19.1. The number of rotatable bonds is 3. The molecule has 0 fully saturated rings. The van der Waals surface area contributed by atoms with Crippen LogP contribution in [0.3, 0.4) is 0 Å². The van der Waals surface area contributed by atoms with Gasteiger partial charge in [-0.2, -0.15) is 0 Å². The molecule has 1 aromatic carbocycles. The van der Waals surface area contributed by atoms with Crippen molar-refractivity contribution >= 4 is 16.8 Å². The normalized spacial score (nSPS) is 11.1. The quantitative estimate of drug-likeness (QED) is 0.791. The Hall–Kier alpha value is -2.43. The Morgan fingerprint density at radius 3 is 2.90 bits per heavy atom. The summed E-state index contributed by atoms with van der Waals surface area (Å²) in [5.74, 6) is 0.757. The summed E-state index contributed by atoms with van der Waals surface area (Å²) < 4.78 is 19.0. The third kappa shape index (κ3) is 2.11. The average molecular weight is 271 g/mol. The van der Waals surface area contributed by atoms with Gasteiger partial charge in [0.25, 0.3) is 0 Å². The third-order valence-corrected chi connectivity index (χ3v) is 3.19. The first kappa shape index (κ1) is 12.6. The van der Waals surface area contributed by atoms with Crippen LogP contribution in [0.5, 0.6) is 0 Å². The molecule has 102 valence electrons. The highest BCUT2D eigenvalue weighted by molar-refractivity contribution is 5.83. The fraction of sp³-hybridized carbons (Fsp3) is 0.200. The number of fused-ring (bicyclic) bond motifs is 1. The van der Waals surface area contributed by atoms with E-state index in [4.69, 9.17) is 10.2 Å². The van der Waals surface area contributed by atoms with E-state index in [0.29, 0.717) is 28.2 Å². The molecule has 0 unspecified atom stereocenters. The molecule has 20 heavy (non-hydrogen) atoms. The number of benzene rings is 1. The van der Waals surface area contributed by atoms with Gasteiger partial charge in [-0.25, -0.2) is 14.4 Å². The second-order valence-corrected chi connectivity index (χ2v) is 4.63. The first-order valence-corrected chi connectivity index (χ1v) is 6.48. The zero-order chi connectivity index (χ0) is 14.1. The first-order valence-electron chi connectivity index (χ1n) is 6.48. The molecule has 3 rings (SSSR count). The monoisotopic (exact) mass is 271 g/mol. The standard InChI is InChI=1S/C15H14FN3O/c1-2-3-11-14(18-8-19-15(11)17)13-7-9-6-10(16)4-5-12(9)20-13/h4-8H,2-3H2,1H3,(H2,17,18,19). The van der Waals surface area contributed by atoms with Crippen LogP contribution in [0.25, 0.3) is 22.4 Å². The van der Waals surface area contributed by atoms with Crippen molar-refractivity contribution in [1.82, 2.24) is 9.97 Å². The van der Waals surface area contributed by atoms with Crippen LogP contribution in [0.1, 0.15) is 18.9 Å². The molecule has 0 aliphatic rings. The van der Waals surface area contributed by atoms with E-state index in [1.165, 1.54) is 18.5 Å². The van der Waals surface area contributed by atoms with Gasteiger partial charge in [0.2, 0.25) is 0 Å². The van der Waals surface area contributed by atoms with Crippen LogP contribution in [-0.2, 0) is 6.42 Å². The summed E-state index contributed by atoms with van der Waals surface area (Å²) in [5, 5.41) is 0.708. The van der Waals surface area contributed by atoms with Gasteiger partial charge in [0.15, 0.2) is 5.76 Å². The van der Waals surface area contributed by atoms with Crippen molar-refractivity contribution in [2.75, 3.05) is 5.73 Å². The number of nitrogens with two attached hydrogens (primary N) is 1. The zero-order valence-electron chi connectivity index (χ0n) is 11.1. The van der Waals surface area contributed by atoms with E-state index in [2.05, 4.69) is 16.9 Å². The largest absolute Gasteiger partial charge is 0.454 e. The lowest BCUT2D eigenvalue weighted by atomic mass is 10.1. The summed E-state index contributed by atoms with van der Waals surface area (Å²) >= 11 is 0. The van der Waals surface area contributed by atoms with Crippen LogP contribution in [0.4, 0.5) is 10.2 Å². The molecule has 2 N–H and O–H groups in total. The summed E-state index contributed by atoms with van der Waals surface area (Å²) in [6, 6.07) is 6.20. The molecule has 0 radical (unpaired) electrons. The second kappa shape index (κ2) is 4.92. The Labute approximate surface area is 115 Å². The second-order valence-electron chi connectivity index (χ2n) is 4.63. The van der Waals surface area contributed by atoms with E-state index in [0.717, 1.165) is 18.4 Å². The summed E-state index contributed by atoms with van der Waals surface area (Å²) in [6.45, 7) is 2.06. The van der Waals surface area contributed by atoms with Crippen molar-refractivity contribution in [3.63, 3.8) is 0 Å². The minimum atomic E-state index is -0.291. The topological polar surface area (TPSA) is 64.9 Å². The maximum Gasteiger partial charge on any atom is 0.154 e. The number of halogens is 1. The number of hydrogen-bond donors (Lipinski definition) is 1. The van der Waals surface area contributed by atoms with E-state index in [9.17, 15) is 4.39 Å². The van der Waals surface area contributed by atoms with Gasteiger partial charge in [0, 0.05) is 10.9 Å². The van der Waals surface area contributed by atoms with Gasteiger partial charge < -0.3 is 10.2 Å². The minimum absolute atomic E-state index is 0.291. The van der Waals surface area contributed by atoms with Crippen molar-refractivity contribution in [3.8, 4) is 11.5 Å². The zero-order valence-corrected chi connectivity index (χ0v) is 11.1. The van der Waals surface area contributed by atoms with Crippen LogP contribution < -0.4 is 5.73 Å². The molecule has 0 saturated carbocycles. The smallest absolute Gasteiger partial charge is 0.154 e. The predicted octanol–water partition coefficient (Wildman–Crippen LogP) is 3.56. The molecule has 2 aromatic heterocycles. The van der Waals surface area contributed by atoms with Crippen LogP contribution in [0.15, 0.2) is 35.0 Å². The first-order chi connectivity index (χ1) is 9.69. The van der Waals surface area contributed by atoms with Gasteiger partial charge in [0.05, 0.1) is 0 Å². The highest BCUT2D eigenvalue weighted by Crippen LogP contribution is 2.31. The molecule has 3 aromatic rings. The van der Waals surface area contributed by atoms with E-state index in [1.807, 2.05) is 0 Å². The minimum Gasteiger partial charge on any atom is -0.454 e. The molecule has 0 amide bonds. The van der Waals surface area contributed by atoms with Crippen LogP contribution in [-0.4, -0.2) is 9.97 Å². The van der Waals surface area contributed by atoms with Crippen molar-refractivity contribution in [3.05, 3.63) is 42.0 Å². The number of nitrogen functional groups attached to an aromatic ring is 1. The fourth-order valence-electron chi connectivity index (χ4n) is 2.27. The fourth-order valence-corrected chi connectivity index (χ4v) is 2.27. The maximum absolute atomic E-state index is 13.2. The molecule has 0 aliphatic carbocycles. The number of furan rings is 1. The van der Waals surface area contributed by atoms with Gasteiger partial charge in [-0.1, -0.05) is 13.3 Å². The van der Waals surface area contributed by atoms with Gasteiger partial charge in [-0.15, -0.1) is 0 Å². The summed E-state index contributed by atoms with van der Waals surface area (Å²) in [7, 11) is 0. The van der Waals surface area contributed by atoms with Crippen molar-refractivity contribution in [2.45, 2.75) is 19.8 Å². The Bertz CT molecular complexity index is 767. The van der Waals surface area contributed by atoms with E-state index in [1.54, 1.807) is 12.1 Å². The molecule has 5 heteroatoms. The van der Waals surface area contributed by atoms with Gasteiger partial charge in [0.1, 0.15) is 29.2 Å². The maximum atomic E-state index is 13.2. The van der Waals surface area contributed by atoms with E-state index >= 15 is 0 Å². The van der Waals surface area contributed by atoms with Crippen LogP contribution in [0, 0.1) is 5.82 Å². The Morgan fingerprint density at radius 1 is 1.25 bits per heavy atom. The predicted molar refractivity (Wildman–Crippen MR) is 75.6 cm³/mol. The molecule has 0 atom stereocenters. The average Bonchev–Trinajstić information content (AvgIpc) is 2.84. The summed E-state index contributed by atoms with van der Waals surface area (Å²) in [6.07, 6.45) is 3.12. The summed E-state index contributed by atoms with van der Waals surface area (Å²) in [4.78, 5) is 8.28. The molecule has 0 aliphatic heterocycles. The van der Waals surface area contributed by atoms with Crippen LogP contribution in [0.2, 0.25) is 0 Å². The molecule has 4 nitrogen and oxygen atoms in total. The van der Waals surface area contributed by atoms with Gasteiger partial charge in [-0.3, -0.25) is 0 Å². The Morgan fingerprint density at radius 2 is 2.10 bits per heavy atom. The van der Waals surface area contributed by atoms with Crippen molar-refractivity contribution in [1.29, 1.82) is 0 Å². The number of anilines is 1. The molecule has 0 spiro atoms. The molecular weight excluding hydrogens is 257 g/mol. The van der Waals surface area contributed by atoms with E-state index in [-0.39, 0.29) is 5.82 Å². The lowest BCUT2D eigenvalue weighted by Crippen LogP contribution is -2.01. The van der Waals surface area contributed by atoms with Crippen LogP contribution >= 0.6 is 0 Å². The molecule has 0 saturated heterocycles. The summed E-state index contributed by atoms with van der Waals surface area (Å²) in [5.41, 5.74) is 8.08. The number of nitrogens with zero attached hydrogens (tertiary/aromatic N) is 2. The van der Waals surface area contributed by atoms with Gasteiger partial charge in [-0.05, 0) is 30.7 Å². The lowest BCUT2D eigenvalue weighted by molar-refractivity contribution is 0.617. The number of aromatic nitrogens is 2. The van der Waals surface area contributed by atoms with E-state index < -0.39 is 0 Å². The molecule has 0 bridgehead atoms. The van der Waals surface area contributed by atoms with Gasteiger partial charge >= 0.3 is 0 Å². The SMILES string of the molecule is CCCc1c(N)ncnc1-c1cc2cc(F)ccc2o1. The molecular formula is C15H14FN3O. The lowest BCUT2D eigenvalue weighted by Gasteiger charge is -2.07. The highest BCUT2D eigenvalue weighted by Gasteiger charge is 2.15. The third-order valence-electron chi connectivity index (χ3n) is 3.19. The Balaban J connectivity index is 2.17. The van der Waals surface area contributed by atoms with Crippen molar-refractivity contribution < 1.29 is 8.81 Å². The Kier molecular flexibility index (Phi) is 3.10. The number of hydrogen-bond acceptors (Lipinski definition) is 4.